The first-order chi connectivity index (χ1) is 18.8. The molecule has 7 rings (SSSR count). The van der Waals surface area contributed by atoms with Gasteiger partial charge in [-0.1, -0.05) is 25.1 Å². The second-order valence-electron chi connectivity index (χ2n) is 11.8. The summed E-state index contributed by atoms with van der Waals surface area (Å²) in [6, 6.07) is 7.44. The molecule has 39 heavy (non-hydrogen) atoms. The molecule has 10 heteroatoms. The van der Waals surface area contributed by atoms with Gasteiger partial charge in [0.05, 0.1) is 18.5 Å². The first kappa shape index (κ1) is 26.8. The number of benzene rings is 1. The van der Waals surface area contributed by atoms with E-state index in [-0.39, 0.29) is 24.3 Å². The zero-order valence-electron chi connectivity index (χ0n) is 23.5. The van der Waals surface area contributed by atoms with Crippen molar-refractivity contribution in [3.05, 3.63) is 41.7 Å². The van der Waals surface area contributed by atoms with Crippen LogP contribution in [0.3, 0.4) is 0 Å². The summed E-state index contributed by atoms with van der Waals surface area (Å²) in [4.78, 5) is 26.7. The van der Waals surface area contributed by atoms with E-state index in [1.165, 1.54) is 0 Å². The molecule has 2 bridgehead atoms. The molecular weight excluding hydrogens is 500 g/mol. The highest BCUT2D eigenvalue weighted by molar-refractivity contribution is 5.94. The van der Waals surface area contributed by atoms with Gasteiger partial charge < -0.3 is 19.1 Å². The van der Waals surface area contributed by atoms with Gasteiger partial charge in [-0.05, 0) is 70.1 Å². The highest BCUT2D eigenvalue weighted by Crippen LogP contribution is 2.60. The highest BCUT2D eigenvalue weighted by Gasteiger charge is 2.69. The Hall–Kier alpha value is -2.37. The third-order valence-electron chi connectivity index (χ3n) is 9.44. The summed E-state index contributed by atoms with van der Waals surface area (Å²) in [6.45, 7) is 11.9. The van der Waals surface area contributed by atoms with Gasteiger partial charge in [0.25, 0.3) is 5.91 Å². The van der Waals surface area contributed by atoms with Gasteiger partial charge in [-0.15, -0.1) is 5.10 Å². The second kappa shape index (κ2) is 10.2. The van der Waals surface area contributed by atoms with Crippen molar-refractivity contribution in [1.29, 1.82) is 0 Å². The van der Waals surface area contributed by atoms with Crippen molar-refractivity contribution < 1.29 is 28.8 Å². The van der Waals surface area contributed by atoms with Crippen LogP contribution in [0.5, 0.6) is 0 Å². The highest BCUT2D eigenvalue weighted by atomic mass is 17.3. The second-order valence-corrected chi connectivity index (χ2v) is 11.8. The molecule has 0 radical (unpaired) electrons. The van der Waals surface area contributed by atoms with E-state index in [2.05, 4.69) is 24.2 Å². The van der Waals surface area contributed by atoms with Gasteiger partial charge in [-0.3, -0.25) is 4.79 Å². The lowest BCUT2D eigenvalue weighted by Gasteiger charge is -2.60. The van der Waals surface area contributed by atoms with E-state index < -0.39 is 24.0 Å². The number of hydrogen-bond acceptors (Lipinski definition) is 8. The van der Waals surface area contributed by atoms with Gasteiger partial charge in [0.1, 0.15) is 5.69 Å². The molecule has 10 nitrogen and oxygen atoms in total. The Bertz CT molecular complexity index is 1200. The normalized spacial score (nSPS) is 37.3. The van der Waals surface area contributed by atoms with Gasteiger partial charge in [-0.2, -0.15) is 0 Å². The average molecular weight is 541 g/mol. The summed E-state index contributed by atoms with van der Waals surface area (Å²) in [6.07, 6.45) is 4.76. The molecule has 2 aromatic rings. The fourth-order valence-corrected chi connectivity index (χ4v) is 7.20. The van der Waals surface area contributed by atoms with E-state index in [0.29, 0.717) is 36.2 Å². The van der Waals surface area contributed by atoms with Crippen LogP contribution in [0.2, 0.25) is 0 Å². The summed E-state index contributed by atoms with van der Waals surface area (Å²) in [5.74, 6) is 0.310. The number of ether oxygens (including phenoxy) is 3. The van der Waals surface area contributed by atoms with Gasteiger partial charge in [-0.25, -0.2) is 14.5 Å². The third kappa shape index (κ3) is 4.50. The summed E-state index contributed by atoms with van der Waals surface area (Å²) < 4.78 is 20.9. The van der Waals surface area contributed by atoms with E-state index in [1.807, 2.05) is 51.2 Å². The molecule has 0 N–H and O–H groups in total. The van der Waals surface area contributed by atoms with Crippen molar-refractivity contribution in [3.8, 4) is 5.69 Å². The zero-order valence-corrected chi connectivity index (χ0v) is 23.5. The third-order valence-corrected chi connectivity index (χ3v) is 9.44. The number of carbonyl (C=O) groups is 1. The molecule has 1 spiro atoms. The molecule has 8 atom stereocenters. The number of fused-ring (bicyclic) bond motifs is 2. The molecular formula is C29H40N4O6. The SMILES string of the molecule is CCN(CC)C(=O)c1cccc(-n2cc(CO[C@H]3O[C@@H]4O[C@@]5(C)CC[C@H]6[C@H](C)CC[C@@H]([C@H]3C)[C@@]46OO5)nn2)c1. The lowest BCUT2D eigenvalue weighted by molar-refractivity contribution is -0.577. The van der Waals surface area contributed by atoms with Crippen LogP contribution in [0.25, 0.3) is 5.69 Å². The minimum Gasteiger partial charge on any atom is -0.346 e. The van der Waals surface area contributed by atoms with Crippen LogP contribution in [0.1, 0.15) is 76.4 Å². The number of rotatable bonds is 7. The van der Waals surface area contributed by atoms with E-state index in [1.54, 1.807) is 9.58 Å². The van der Waals surface area contributed by atoms with Crippen molar-refractivity contribution in [3.63, 3.8) is 0 Å². The maximum Gasteiger partial charge on any atom is 0.253 e. The van der Waals surface area contributed by atoms with E-state index >= 15 is 0 Å². The van der Waals surface area contributed by atoms with Crippen molar-refractivity contribution in [2.75, 3.05) is 13.1 Å². The quantitative estimate of drug-likeness (QED) is 0.475. The van der Waals surface area contributed by atoms with Crippen LogP contribution in [0.15, 0.2) is 30.5 Å². The van der Waals surface area contributed by atoms with Crippen LogP contribution in [-0.4, -0.2) is 62.9 Å². The lowest BCUT2D eigenvalue weighted by atomic mass is 9.58. The molecule has 5 heterocycles. The Morgan fingerprint density at radius 1 is 1.15 bits per heavy atom. The Morgan fingerprint density at radius 2 is 1.97 bits per heavy atom. The molecule has 4 aliphatic heterocycles. The Labute approximate surface area is 229 Å². The largest absolute Gasteiger partial charge is 0.346 e. The van der Waals surface area contributed by atoms with Gasteiger partial charge in [0.15, 0.2) is 18.2 Å². The molecule has 1 aromatic carbocycles. The predicted octanol–water partition coefficient (Wildman–Crippen LogP) is 4.47. The summed E-state index contributed by atoms with van der Waals surface area (Å²) in [5, 5.41) is 8.61. The average Bonchev–Trinajstić information content (AvgIpc) is 3.30. The fourth-order valence-electron chi connectivity index (χ4n) is 7.20. The Morgan fingerprint density at radius 3 is 2.77 bits per heavy atom. The molecule has 1 amide bonds. The predicted molar refractivity (Wildman–Crippen MR) is 140 cm³/mol. The minimum atomic E-state index is -0.813. The smallest absolute Gasteiger partial charge is 0.253 e. The molecule has 1 saturated carbocycles. The zero-order chi connectivity index (χ0) is 27.4. The topological polar surface area (TPSA) is 97.2 Å². The Kier molecular flexibility index (Phi) is 7.04. The van der Waals surface area contributed by atoms with Crippen LogP contribution in [0, 0.1) is 23.7 Å². The molecule has 4 saturated heterocycles. The van der Waals surface area contributed by atoms with Crippen LogP contribution in [0.4, 0.5) is 0 Å². The monoisotopic (exact) mass is 540 g/mol. The number of carbonyl (C=O) groups excluding carboxylic acids is 1. The maximum atomic E-state index is 12.8. The van der Waals surface area contributed by atoms with Crippen molar-refractivity contribution in [2.45, 2.75) is 90.9 Å². The molecule has 5 aliphatic rings. The standard InChI is InChI=1S/C29H40N4O6/c1-6-32(7-2)25(34)20-9-8-10-22(15-20)33-16-21(30-31-33)17-35-26-19(4)24-12-11-18(3)23-13-14-28(5)37-27(36-26)29(23,24)39-38-28/h8-10,15-16,18-19,23-24,26-27H,6-7,11-14,17H2,1-5H3/t18-,19-,23+,24+,26+,27-,28-,29-/m1/s1. The molecule has 212 valence electrons. The molecule has 0 unspecified atom stereocenters. The number of amides is 1. The molecule has 1 aromatic heterocycles. The maximum absolute atomic E-state index is 12.8. The minimum absolute atomic E-state index is 0.00347. The van der Waals surface area contributed by atoms with Gasteiger partial charge >= 0.3 is 0 Å². The van der Waals surface area contributed by atoms with Crippen LogP contribution >= 0.6 is 0 Å². The van der Waals surface area contributed by atoms with E-state index in [0.717, 1.165) is 31.4 Å². The van der Waals surface area contributed by atoms with Crippen molar-refractivity contribution >= 4 is 5.91 Å². The van der Waals surface area contributed by atoms with E-state index in [4.69, 9.17) is 24.0 Å². The fraction of sp³-hybridized carbons (Fsp3) is 0.690. The first-order valence-corrected chi connectivity index (χ1v) is 14.4. The summed E-state index contributed by atoms with van der Waals surface area (Å²) in [7, 11) is 0. The Balaban J connectivity index is 1.16. The lowest BCUT2D eigenvalue weighted by Crippen LogP contribution is -2.70. The number of nitrogens with zero attached hydrogens (tertiary/aromatic N) is 4. The molecule has 1 aliphatic carbocycles. The number of aromatic nitrogens is 3. The number of hydrogen-bond donors (Lipinski definition) is 0. The molecule has 5 fully saturated rings. The first-order valence-electron chi connectivity index (χ1n) is 14.4. The van der Waals surface area contributed by atoms with Gasteiger partial charge in [0.2, 0.25) is 5.79 Å². The van der Waals surface area contributed by atoms with Crippen molar-refractivity contribution in [2.24, 2.45) is 23.7 Å². The van der Waals surface area contributed by atoms with E-state index in [9.17, 15) is 4.79 Å². The summed E-state index contributed by atoms with van der Waals surface area (Å²) in [5.41, 5.74) is 1.47. The summed E-state index contributed by atoms with van der Waals surface area (Å²) >= 11 is 0. The van der Waals surface area contributed by atoms with Crippen LogP contribution in [-0.2, 0) is 30.6 Å². The van der Waals surface area contributed by atoms with Crippen molar-refractivity contribution in [1.82, 2.24) is 19.9 Å². The van der Waals surface area contributed by atoms with Crippen LogP contribution < -0.4 is 0 Å². The van der Waals surface area contributed by atoms with Gasteiger partial charge in [0, 0.05) is 36.9 Å².